The zero-order chi connectivity index (χ0) is 25.0. The highest BCUT2D eigenvalue weighted by Gasteiger charge is 2.49. The van der Waals surface area contributed by atoms with E-state index in [2.05, 4.69) is 42.8 Å². The second-order valence-corrected chi connectivity index (χ2v) is 12.0. The third-order valence-electron chi connectivity index (χ3n) is 6.55. The topological polar surface area (TPSA) is 43.6 Å². The lowest BCUT2D eigenvalue weighted by Gasteiger charge is -2.12. The van der Waals surface area contributed by atoms with E-state index < -0.39 is 0 Å². The van der Waals surface area contributed by atoms with E-state index in [1.165, 1.54) is 5.56 Å². The molecule has 0 N–H and O–H groups in total. The molecule has 0 amide bonds. The summed E-state index contributed by atoms with van der Waals surface area (Å²) in [4.78, 5) is 5.05. The van der Waals surface area contributed by atoms with Crippen LogP contribution < -0.4 is 0 Å². The second kappa shape index (κ2) is 9.26. The van der Waals surface area contributed by atoms with Crippen molar-refractivity contribution in [3.05, 3.63) is 103 Å². The van der Waals surface area contributed by atoms with Gasteiger partial charge in [-0.2, -0.15) is 0 Å². The first-order valence-corrected chi connectivity index (χ1v) is 14.0. The van der Waals surface area contributed by atoms with Crippen LogP contribution in [0.15, 0.2) is 71.2 Å². The largest absolute Gasteiger partial charge is 0.296 e. The fraction of sp³-hybridized carbons (Fsp3) is 0.148. The Morgan fingerprint density at radius 3 is 2.25 bits per heavy atom. The van der Waals surface area contributed by atoms with Crippen LogP contribution in [-0.4, -0.2) is 19.7 Å². The summed E-state index contributed by atoms with van der Waals surface area (Å²) in [5.41, 5.74) is 4.64. The van der Waals surface area contributed by atoms with Gasteiger partial charge in [-0.15, -0.1) is 10.2 Å². The highest BCUT2D eigenvalue weighted by atomic mass is 79.9. The first kappa shape index (κ1) is 24.1. The lowest BCUT2D eigenvalue weighted by molar-refractivity contribution is 0.807. The van der Waals surface area contributed by atoms with E-state index in [-0.39, 0.29) is 5.41 Å². The van der Waals surface area contributed by atoms with Crippen molar-refractivity contribution in [3.8, 4) is 27.8 Å². The monoisotopic (exact) mass is 614 g/mol. The van der Waals surface area contributed by atoms with E-state index in [1.54, 1.807) is 17.4 Å². The molecule has 1 fully saturated rings. The van der Waals surface area contributed by atoms with Crippen molar-refractivity contribution in [1.82, 2.24) is 19.7 Å². The number of rotatable bonds is 5. The van der Waals surface area contributed by atoms with Crippen molar-refractivity contribution in [1.29, 1.82) is 0 Å². The lowest BCUT2D eigenvalue weighted by atomic mass is 9.97. The Morgan fingerprint density at radius 1 is 0.889 bits per heavy atom. The summed E-state index contributed by atoms with van der Waals surface area (Å²) in [7, 11) is 0. The van der Waals surface area contributed by atoms with Crippen molar-refractivity contribution in [3.63, 3.8) is 0 Å². The quantitative estimate of drug-likeness (QED) is 0.198. The number of aromatic nitrogens is 4. The summed E-state index contributed by atoms with van der Waals surface area (Å²) in [5.74, 6) is 0.724. The summed E-state index contributed by atoms with van der Waals surface area (Å²) in [6.07, 6.45) is 2.09. The average molecular weight is 617 g/mol. The Morgan fingerprint density at radius 2 is 1.58 bits per heavy atom. The summed E-state index contributed by atoms with van der Waals surface area (Å²) in [6, 6.07) is 21.6. The maximum Gasteiger partial charge on any atom is 0.168 e. The molecular formula is C27H18BrCl3N4S. The Bertz CT molecular complexity index is 1590. The number of benzene rings is 3. The van der Waals surface area contributed by atoms with E-state index in [0.29, 0.717) is 10.0 Å². The van der Waals surface area contributed by atoms with E-state index in [0.717, 1.165) is 60.8 Å². The molecule has 0 spiro atoms. The van der Waals surface area contributed by atoms with Crippen molar-refractivity contribution in [2.75, 3.05) is 0 Å². The van der Waals surface area contributed by atoms with E-state index in [9.17, 15) is 0 Å². The van der Waals surface area contributed by atoms with Crippen LogP contribution >= 0.6 is 62.1 Å². The minimum Gasteiger partial charge on any atom is -0.296 e. The Kier molecular flexibility index (Phi) is 6.21. The molecule has 0 aliphatic heterocycles. The van der Waals surface area contributed by atoms with Gasteiger partial charge in [-0.3, -0.25) is 4.57 Å². The van der Waals surface area contributed by atoms with Gasteiger partial charge >= 0.3 is 0 Å². The van der Waals surface area contributed by atoms with Crippen LogP contribution in [0, 0.1) is 6.92 Å². The normalized spacial score (nSPS) is 14.2. The predicted octanol–water partition coefficient (Wildman–Crippen LogP) is 9.17. The predicted molar refractivity (Wildman–Crippen MR) is 152 cm³/mol. The van der Waals surface area contributed by atoms with Gasteiger partial charge in [0.1, 0.15) is 16.5 Å². The van der Waals surface area contributed by atoms with E-state index in [1.807, 2.05) is 55.5 Å². The lowest BCUT2D eigenvalue weighted by Crippen LogP contribution is -2.07. The summed E-state index contributed by atoms with van der Waals surface area (Å²) < 4.78 is 3.10. The third-order valence-corrected chi connectivity index (χ3v) is 9.01. The maximum absolute atomic E-state index is 6.63. The molecule has 9 heteroatoms. The Labute approximate surface area is 236 Å². The van der Waals surface area contributed by atoms with Crippen LogP contribution in [0.5, 0.6) is 0 Å². The molecule has 5 aromatic rings. The van der Waals surface area contributed by atoms with Crippen LogP contribution in [0.25, 0.3) is 27.8 Å². The second-order valence-electron chi connectivity index (χ2n) is 8.81. The zero-order valence-corrected chi connectivity index (χ0v) is 23.6. The standard InChI is InChI=1S/C27H18BrCl3N4S/c1-15-23(25-33-34-26(36-25)27(12-13-27)16-2-6-18(29)7-3-16)32-24(21-11-8-19(30)14-22(21)31)35(15)20-9-4-17(28)5-10-20/h2-11,14H,12-13H2,1H3. The molecule has 3 aromatic carbocycles. The van der Waals surface area contributed by atoms with Gasteiger partial charge in [0, 0.05) is 31.2 Å². The first-order chi connectivity index (χ1) is 17.4. The molecule has 1 aliphatic rings. The summed E-state index contributed by atoms with van der Waals surface area (Å²) in [6.45, 7) is 2.05. The van der Waals surface area contributed by atoms with Crippen LogP contribution in [0.4, 0.5) is 0 Å². The minimum absolute atomic E-state index is 0.0923. The van der Waals surface area contributed by atoms with Crippen molar-refractivity contribution in [2.24, 2.45) is 0 Å². The van der Waals surface area contributed by atoms with Crippen LogP contribution in [0.1, 0.15) is 29.1 Å². The fourth-order valence-corrected chi connectivity index (χ4v) is 6.53. The molecule has 36 heavy (non-hydrogen) atoms. The molecule has 180 valence electrons. The highest BCUT2D eigenvalue weighted by Crippen LogP contribution is 2.55. The maximum atomic E-state index is 6.63. The number of nitrogens with zero attached hydrogens (tertiary/aromatic N) is 4. The van der Waals surface area contributed by atoms with Crippen molar-refractivity contribution < 1.29 is 0 Å². The molecule has 0 unspecified atom stereocenters. The highest BCUT2D eigenvalue weighted by molar-refractivity contribution is 9.10. The molecule has 6 rings (SSSR count). The van der Waals surface area contributed by atoms with Gasteiger partial charge in [0.15, 0.2) is 5.01 Å². The summed E-state index contributed by atoms with van der Waals surface area (Å²) >= 11 is 24.1. The number of hydrogen-bond acceptors (Lipinski definition) is 4. The SMILES string of the molecule is Cc1c(-c2nnc(C3(c4ccc(Cl)cc4)CC3)s2)nc(-c2ccc(Cl)cc2Cl)n1-c1ccc(Br)cc1. The van der Waals surface area contributed by atoms with Gasteiger partial charge in [0.05, 0.1) is 10.7 Å². The van der Waals surface area contributed by atoms with Crippen LogP contribution in [-0.2, 0) is 5.41 Å². The Hall–Kier alpha value is -2.22. The van der Waals surface area contributed by atoms with Crippen LogP contribution in [0.2, 0.25) is 15.1 Å². The Balaban J connectivity index is 1.48. The van der Waals surface area contributed by atoms with Crippen molar-refractivity contribution in [2.45, 2.75) is 25.2 Å². The molecule has 0 saturated heterocycles. The minimum atomic E-state index is -0.0923. The average Bonchev–Trinajstić information content (AvgIpc) is 3.39. The molecule has 2 heterocycles. The van der Waals surface area contributed by atoms with Gasteiger partial charge in [-0.05, 0) is 79.9 Å². The molecule has 0 radical (unpaired) electrons. The van der Waals surface area contributed by atoms with Gasteiger partial charge in [-0.25, -0.2) is 4.98 Å². The molecule has 0 atom stereocenters. The number of halogens is 4. The van der Waals surface area contributed by atoms with E-state index in [4.69, 9.17) is 39.8 Å². The van der Waals surface area contributed by atoms with Crippen LogP contribution in [0.3, 0.4) is 0 Å². The fourth-order valence-electron chi connectivity index (χ4n) is 4.49. The smallest absolute Gasteiger partial charge is 0.168 e. The van der Waals surface area contributed by atoms with E-state index >= 15 is 0 Å². The van der Waals surface area contributed by atoms with Crippen molar-refractivity contribution >= 4 is 62.1 Å². The van der Waals surface area contributed by atoms with Gasteiger partial charge < -0.3 is 0 Å². The van der Waals surface area contributed by atoms with Gasteiger partial charge in [-0.1, -0.05) is 74.2 Å². The number of imidazole rings is 1. The number of hydrogen-bond donors (Lipinski definition) is 0. The molecule has 1 saturated carbocycles. The molecule has 0 bridgehead atoms. The summed E-state index contributed by atoms with van der Waals surface area (Å²) in [5, 5.41) is 12.9. The molecule has 4 nitrogen and oxygen atoms in total. The molecular weight excluding hydrogens is 599 g/mol. The van der Waals surface area contributed by atoms with Gasteiger partial charge in [0.2, 0.25) is 0 Å². The molecule has 2 aromatic heterocycles. The zero-order valence-electron chi connectivity index (χ0n) is 19.0. The third kappa shape index (κ3) is 4.19. The molecule has 1 aliphatic carbocycles. The van der Waals surface area contributed by atoms with Gasteiger partial charge in [0.25, 0.3) is 0 Å². The first-order valence-electron chi connectivity index (χ1n) is 11.3.